The van der Waals surface area contributed by atoms with Gasteiger partial charge in [0.2, 0.25) is 0 Å². The summed E-state index contributed by atoms with van der Waals surface area (Å²) in [6, 6.07) is 27.7. The van der Waals surface area contributed by atoms with Gasteiger partial charge in [-0.1, -0.05) is 45.7 Å². The maximum absolute atomic E-state index is 9.73. The van der Waals surface area contributed by atoms with E-state index in [0.717, 1.165) is 96.3 Å². The number of aryl methyl sites for hydroxylation is 1. The van der Waals surface area contributed by atoms with Crippen LogP contribution in [0.3, 0.4) is 0 Å². The molecule has 0 aliphatic rings. The lowest BCUT2D eigenvalue weighted by molar-refractivity contribution is 0.249. The summed E-state index contributed by atoms with van der Waals surface area (Å²) in [5, 5.41) is 11.7. The largest absolute Gasteiger partial charge is 0.508 e. The van der Waals surface area contributed by atoms with Gasteiger partial charge in [0.05, 0.1) is 12.3 Å². The summed E-state index contributed by atoms with van der Waals surface area (Å²) in [6.07, 6.45) is 7.54. The molecule has 224 valence electrons. The molecule has 0 amide bonds. The maximum Gasteiger partial charge on any atom is 0.128 e. The quantitative estimate of drug-likeness (QED) is 0.126. The van der Waals surface area contributed by atoms with Crippen molar-refractivity contribution in [1.82, 2.24) is 14.5 Å². The minimum Gasteiger partial charge on any atom is -0.508 e. The van der Waals surface area contributed by atoms with Crippen molar-refractivity contribution in [1.29, 1.82) is 0 Å². The number of imidazole rings is 1. The van der Waals surface area contributed by atoms with E-state index in [0.29, 0.717) is 0 Å². The van der Waals surface area contributed by atoms with Gasteiger partial charge in [-0.15, -0.1) is 0 Å². The third-order valence-electron chi connectivity index (χ3n) is 7.86. The van der Waals surface area contributed by atoms with Crippen molar-refractivity contribution < 1.29 is 14.6 Å². The lowest BCUT2D eigenvalue weighted by Crippen LogP contribution is -2.25. The first-order valence-corrected chi connectivity index (χ1v) is 15.6. The first-order valence-electron chi connectivity index (χ1n) is 15.6. The van der Waals surface area contributed by atoms with Gasteiger partial charge in [0.15, 0.2) is 0 Å². The Labute approximate surface area is 255 Å². The van der Waals surface area contributed by atoms with Gasteiger partial charge < -0.3 is 24.0 Å². The Morgan fingerprint density at radius 2 is 1.44 bits per heavy atom. The summed E-state index contributed by atoms with van der Waals surface area (Å²) in [4.78, 5) is 7.48. The standard InChI is InChI=1S/C37H43N3O3/c1-4-7-8-10-37-38-36(28-12-18-33(19-13-28)42-24-9-23-39(5-2)6-3)27-40(37)31-15-21-34(22-16-31)43-35-20-14-29-25-32(41)17-11-30(29)26-35/h11-22,25-27,41H,4-10,23-24H2,1-3H3. The number of aromatic nitrogens is 2. The number of aromatic hydroxyl groups is 1. The highest BCUT2D eigenvalue weighted by Gasteiger charge is 2.12. The van der Waals surface area contributed by atoms with Gasteiger partial charge >= 0.3 is 0 Å². The molecule has 6 nitrogen and oxygen atoms in total. The van der Waals surface area contributed by atoms with E-state index in [4.69, 9.17) is 14.5 Å². The van der Waals surface area contributed by atoms with E-state index < -0.39 is 0 Å². The number of ether oxygens (including phenoxy) is 2. The van der Waals surface area contributed by atoms with E-state index in [1.165, 1.54) is 12.8 Å². The van der Waals surface area contributed by atoms with E-state index >= 15 is 0 Å². The molecule has 1 aromatic heterocycles. The van der Waals surface area contributed by atoms with Gasteiger partial charge in [-0.25, -0.2) is 4.98 Å². The Hall–Kier alpha value is -4.29. The number of nitrogens with zero attached hydrogens (tertiary/aromatic N) is 3. The Balaban J connectivity index is 1.28. The molecule has 0 atom stereocenters. The zero-order valence-corrected chi connectivity index (χ0v) is 25.6. The second-order valence-corrected chi connectivity index (χ2v) is 10.9. The fourth-order valence-corrected chi connectivity index (χ4v) is 5.32. The third kappa shape index (κ3) is 7.96. The van der Waals surface area contributed by atoms with Crippen LogP contribution in [0.25, 0.3) is 27.7 Å². The number of rotatable bonds is 15. The highest BCUT2D eigenvalue weighted by molar-refractivity contribution is 5.85. The summed E-state index contributed by atoms with van der Waals surface area (Å²) in [5.41, 5.74) is 3.09. The van der Waals surface area contributed by atoms with Crippen molar-refractivity contribution in [3.8, 4) is 39.9 Å². The zero-order chi connectivity index (χ0) is 30.0. The summed E-state index contributed by atoms with van der Waals surface area (Å²) in [6.45, 7) is 10.6. The van der Waals surface area contributed by atoms with E-state index in [1.807, 2.05) is 48.5 Å². The van der Waals surface area contributed by atoms with Crippen molar-refractivity contribution in [2.75, 3.05) is 26.2 Å². The number of fused-ring (bicyclic) bond motifs is 1. The molecule has 1 N–H and O–H groups in total. The predicted octanol–water partition coefficient (Wildman–Crippen LogP) is 9.03. The molecule has 0 aliphatic carbocycles. The lowest BCUT2D eigenvalue weighted by atomic mass is 10.1. The number of benzene rings is 4. The van der Waals surface area contributed by atoms with E-state index in [-0.39, 0.29) is 5.75 Å². The average molecular weight is 578 g/mol. The van der Waals surface area contributed by atoms with Crippen LogP contribution in [0.5, 0.6) is 23.0 Å². The third-order valence-corrected chi connectivity index (χ3v) is 7.86. The van der Waals surface area contributed by atoms with Gasteiger partial charge in [-0.3, -0.25) is 0 Å². The monoisotopic (exact) mass is 577 g/mol. The summed E-state index contributed by atoms with van der Waals surface area (Å²) in [5.74, 6) is 3.74. The highest BCUT2D eigenvalue weighted by atomic mass is 16.5. The molecule has 0 bridgehead atoms. The van der Waals surface area contributed by atoms with E-state index in [1.54, 1.807) is 12.1 Å². The van der Waals surface area contributed by atoms with Crippen molar-refractivity contribution in [2.24, 2.45) is 0 Å². The summed E-state index contributed by atoms with van der Waals surface area (Å²) in [7, 11) is 0. The van der Waals surface area contributed by atoms with Gasteiger partial charge in [0.1, 0.15) is 28.8 Å². The highest BCUT2D eigenvalue weighted by Crippen LogP contribution is 2.30. The Morgan fingerprint density at radius 1 is 0.744 bits per heavy atom. The second-order valence-electron chi connectivity index (χ2n) is 10.9. The minimum atomic E-state index is 0.261. The van der Waals surface area contributed by atoms with E-state index in [2.05, 4.69) is 60.7 Å². The van der Waals surface area contributed by atoms with Crippen LogP contribution in [0.15, 0.2) is 91.1 Å². The van der Waals surface area contributed by atoms with Gasteiger partial charge in [-0.05, 0) is 110 Å². The molecular weight excluding hydrogens is 534 g/mol. The Bertz CT molecular complexity index is 1590. The van der Waals surface area contributed by atoms with E-state index in [9.17, 15) is 5.11 Å². The minimum absolute atomic E-state index is 0.261. The zero-order valence-electron chi connectivity index (χ0n) is 25.6. The fraction of sp³-hybridized carbons (Fsp3) is 0.324. The molecule has 0 radical (unpaired) electrons. The van der Waals surface area contributed by atoms with Crippen molar-refractivity contribution in [3.63, 3.8) is 0 Å². The molecule has 0 aliphatic heterocycles. The lowest BCUT2D eigenvalue weighted by Gasteiger charge is -2.17. The molecular formula is C37H43N3O3. The number of hydrogen-bond donors (Lipinski definition) is 1. The summed E-state index contributed by atoms with van der Waals surface area (Å²) >= 11 is 0. The van der Waals surface area contributed by atoms with Gasteiger partial charge in [-0.2, -0.15) is 0 Å². The first kappa shape index (κ1) is 30.2. The summed E-state index contributed by atoms with van der Waals surface area (Å²) < 4.78 is 14.4. The molecule has 0 saturated heterocycles. The molecule has 4 aromatic carbocycles. The van der Waals surface area contributed by atoms with Crippen LogP contribution in [0.2, 0.25) is 0 Å². The van der Waals surface area contributed by atoms with Crippen molar-refractivity contribution >= 4 is 10.8 Å². The number of unbranched alkanes of at least 4 members (excludes halogenated alkanes) is 2. The Kier molecular flexibility index (Phi) is 10.3. The molecule has 5 aromatic rings. The van der Waals surface area contributed by atoms with Gasteiger partial charge in [0.25, 0.3) is 0 Å². The van der Waals surface area contributed by atoms with Crippen LogP contribution in [0, 0.1) is 0 Å². The SMILES string of the molecule is CCCCCc1nc(-c2ccc(OCCCN(CC)CC)cc2)cn1-c1ccc(Oc2ccc3cc(O)ccc3c2)cc1. The number of phenolic OH excluding ortho intramolecular Hbond substituents is 1. The normalized spacial score (nSPS) is 11.3. The number of hydrogen-bond acceptors (Lipinski definition) is 5. The first-order chi connectivity index (χ1) is 21.1. The second kappa shape index (κ2) is 14.7. The Morgan fingerprint density at radius 3 is 2.19 bits per heavy atom. The molecule has 1 heterocycles. The van der Waals surface area contributed by atoms with Crippen LogP contribution in [0.1, 0.15) is 52.3 Å². The van der Waals surface area contributed by atoms with Crippen LogP contribution < -0.4 is 9.47 Å². The van der Waals surface area contributed by atoms with Crippen LogP contribution in [-0.2, 0) is 6.42 Å². The van der Waals surface area contributed by atoms with Crippen LogP contribution >= 0.6 is 0 Å². The smallest absolute Gasteiger partial charge is 0.128 e. The van der Waals surface area contributed by atoms with Crippen LogP contribution in [-0.4, -0.2) is 45.8 Å². The molecule has 0 fully saturated rings. The molecule has 5 rings (SSSR count). The van der Waals surface area contributed by atoms with Gasteiger partial charge in [0, 0.05) is 30.4 Å². The molecule has 43 heavy (non-hydrogen) atoms. The maximum atomic E-state index is 9.73. The molecule has 6 heteroatoms. The topological polar surface area (TPSA) is 59.8 Å². The molecule has 0 unspecified atom stereocenters. The van der Waals surface area contributed by atoms with Crippen LogP contribution in [0.4, 0.5) is 0 Å². The molecule has 0 saturated carbocycles. The predicted molar refractivity (Wildman–Crippen MR) is 176 cm³/mol. The molecule has 0 spiro atoms. The van der Waals surface area contributed by atoms with Crippen molar-refractivity contribution in [2.45, 2.75) is 52.9 Å². The van der Waals surface area contributed by atoms with Crippen molar-refractivity contribution in [3.05, 3.63) is 97.0 Å². The average Bonchev–Trinajstić information content (AvgIpc) is 3.46. The number of phenols is 1. The fourth-order valence-electron chi connectivity index (χ4n) is 5.32.